The maximum atomic E-state index is 11.8. The molecular formula is C8H7ClN4O3S. The molecular weight excluding hydrogens is 268 g/mol. The van der Waals surface area contributed by atoms with Crippen LogP contribution in [-0.2, 0) is 10.0 Å². The number of oxazole rings is 1. The van der Waals surface area contributed by atoms with Gasteiger partial charge in [0.05, 0.1) is 18.1 Å². The lowest BCUT2D eigenvalue weighted by Gasteiger charge is -2.02. The fourth-order valence-corrected chi connectivity index (χ4v) is 1.94. The number of hydrogen-bond acceptors (Lipinski definition) is 6. The first kappa shape index (κ1) is 11.8. The van der Waals surface area contributed by atoms with Gasteiger partial charge >= 0.3 is 6.01 Å². The van der Waals surface area contributed by atoms with Crippen molar-refractivity contribution in [2.75, 3.05) is 4.72 Å². The van der Waals surface area contributed by atoms with E-state index in [1.807, 2.05) is 0 Å². The van der Waals surface area contributed by atoms with Crippen LogP contribution in [0.2, 0.25) is 5.28 Å². The van der Waals surface area contributed by atoms with Crippen LogP contribution in [0.4, 0.5) is 6.01 Å². The summed E-state index contributed by atoms with van der Waals surface area (Å²) in [5.41, 5.74) is 0.565. The zero-order chi connectivity index (χ0) is 12.5. The van der Waals surface area contributed by atoms with Crippen LogP contribution in [0.15, 0.2) is 28.0 Å². The Morgan fingerprint density at radius 1 is 1.35 bits per heavy atom. The normalized spacial score (nSPS) is 11.4. The standard InChI is InChI=1S/C8H7ClN4O3S/c1-5-4-16-8(12-5)13-17(14,15)6-2-10-7(9)11-3-6/h2-4H,1H3,(H,12,13). The summed E-state index contributed by atoms with van der Waals surface area (Å²) < 4.78 is 30.6. The maximum Gasteiger partial charge on any atom is 0.309 e. The van der Waals surface area contributed by atoms with E-state index in [0.717, 1.165) is 12.4 Å². The molecule has 0 radical (unpaired) electrons. The van der Waals surface area contributed by atoms with Crippen LogP contribution in [0.25, 0.3) is 0 Å². The number of rotatable bonds is 3. The summed E-state index contributed by atoms with van der Waals surface area (Å²) in [4.78, 5) is 10.8. The second-order valence-corrected chi connectivity index (χ2v) is 5.11. The molecule has 0 bridgehead atoms. The van der Waals surface area contributed by atoms with Gasteiger partial charge in [0, 0.05) is 0 Å². The largest absolute Gasteiger partial charge is 0.431 e. The third-order valence-electron chi connectivity index (χ3n) is 1.75. The molecule has 17 heavy (non-hydrogen) atoms. The van der Waals surface area contributed by atoms with Gasteiger partial charge in [-0.2, -0.15) is 4.98 Å². The highest BCUT2D eigenvalue weighted by Crippen LogP contribution is 2.14. The Morgan fingerprint density at radius 2 is 2.00 bits per heavy atom. The second kappa shape index (κ2) is 4.30. The number of aromatic nitrogens is 3. The SMILES string of the molecule is Cc1coc(NS(=O)(=O)c2cnc(Cl)nc2)n1. The third-order valence-corrected chi connectivity index (χ3v) is 3.22. The third kappa shape index (κ3) is 2.71. The second-order valence-electron chi connectivity index (χ2n) is 3.09. The topological polar surface area (TPSA) is 98.0 Å². The summed E-state index contributed by atoms with van der Waals surface area (Å²) in [5, 5.41) is -0.0316. The van der Waals surface area contributed by atoms with Gasteiger partial charge in [-0.1, -0.05) is 0 Å². The van der Waals surface area contributed by atoms with E-state index in [0.29, 0.717) is 5.69 Å². The van der Waals surface area contributed by atoms with E-state index in [2.05, 4.69) is 19.7 Å². The summed E-state index contributed by atoms with van der Waals surface area (Å²) in [6.07, 6.45) is 3.51. The molecule has 0 aromatic carbocycles. The van der Waals surface area contributed by atoms with Crippen molar-refractivity contribution in [1.82, 2.24) is 15.0 Å². The van der Waals surface area contributed by atoms with Crippen molar-refractivity contribution in [3.63, 3.8) is 0 Å². The molecule has 2 aromatic rings. The minimum Gasteiger partial charge on any atom is -0.431 e. The van der Waals surface area contributed by atoms with Gasteiger partial charge in [-0.15, -0.1) is 0 Å². The summed E-state index contributed by atoms with van der Waals surface area (Å²) in [6, 6.07) is -0.113. The Hall–Kier alpha value is -1.67. The summed E-state index contributed by atoms with van der Waals surface area (Å²) in [6.45, 7) is 1.67. The van der Waals surface area contributed by atoms with Crippen LogP contribution in [-0.4, -0.2) is 23.4 Å². The molecule has 0 aliphatic carbocycles. The molecule has 0 unspecified atom stereocenters. The molecule has 1 N–H and O–H groups in total. The number of hydrogen-bond donors (Lipinski definition) is 1. The average Bonchev–Trinajstić information content (AvgIpc) is 2.63. The van der Waals surface area contributed by atoms with E-state index < -0.39 is 10.0 Å². The van der Waals surface area contributed by atoms with E-state index >= 15 is 0 Å². The number of nitrogens with zero attached hydrogens (tertiary/aromatic N) is 3. The van der Waals surface area contributed by atoms with Crippen LogP contribution in [0.1, 0.15) is 5.69 Å². The fraction of sp³-hybridized carbons (Fsp3) is 0.125. The van der Waals surface area contributed by atoms with Gasteiger partial charge < -0.3 is 4.42 Å². The summed E-state index contributed by atoms with van der Waals surface area (Å²) in [7, 11) is -3.81. The predicted octanol–water partition coefficient (Wildman–Crippen LogP) is 1.23. The Bertz CT molecular complexity index is 622. The van der Waals surface area contributed by atoms with Gasteiger partial charge in [-0.05, 0) is 18.5 Å². The molecule has 0 saturated carbocycles. The van der Waals surface area contributed by atoms with Crippen LogP contribution in [0.5, 0.6) is 0 Å². The molecule has 7 nitrogen and oxygen atoms in total. The van der Waals surface area contributed by atoms with Crippen molar-refractivity contribution >= 4 is 27.6 Å². The predicted molar refractivity (Wildman–Crippen MR) is 59.1 cm³/mol. The molecule has 2 rings (SSSR count). The Labute approximate surface area is 102 Å². The lowest BCUT2D eigenvalue weighted by Crippen LogP contribution is -2.13. The first-order valence-corrected chi connectivity index (χ1v) is 6.26. The summed E-state index contributed by atoms with van der Waals surface area (Å²) in [5.74, 6) is 0. The van der Waals surface area contributed by atoms with Crippen molar-refractivity contribution in [3.05, 3.63) is 29.6 Å². The fourth-order valence-electron chi connectivity index (χ4n) is 1.01. The quantitative estimate of drug-likeness (QED) is 0.845. The molecule has 0 atom stereocenters. The Balaban J connectivity index is 2.28. The molecule has 0 saturated heterocycles. The molecule has 0 aliphatic heterocycles. The molecule has 0 fully saturated rings. The Morgan fingerprint density at radius 3 is 2.53 bits per heavy atom. The highest BCUT2D eigenvalue weighted by molar-refractivity contribution is 7.92. The smallest absolute Gasteiger partial charge is 0.309 e. The van der Waals surface area contributed by atoms with Crippen molar-refractivity contribution in [2.24, 2.45) is 0 Å². The molecule has 0 amide bonds. The highest BCUT2D eigenvalue weighted by atomic mass is 35.5. The monoisotopic (exact) mass is 274 g/mol. The van der Waals surface area contributed by atoms with E-state index in [1.54, 1.807) is 6.92 Å². The van der Waals surface area contributed by atoms with Crippen LogP contribution >= 0.6 is 11.6 Å². The highest BCUT2D eigenvalue weighted by Gasteiger charge is 2.17. The van der Waals surface area contributed by atoms with Gasteiger partial charge in [-0.3, -0.25) is 0 Å². The van der Waals surface area contributed by atoms with Crippen molar-refractivity contribution < 1.29 is 12.8 Å². The molecule has 2 aromatic heterocycles. The van der Waals surface area contributed by atoms with Gasteiger partial charge in [0.2, 0.25) is 5.28 Å². The minimum absolute atomic E-state index is 0.0316. The average molecular weight is 275 g/mol. The van der Waals surface area contributed by atoms with E-state index in [-0.39, 0.29) is 16.2 Å². The lowest BCUT2D eigenvalue weighted by atomic mass is 10.6. The number of sulfonamides is 1. The zero-order valence-corrected chi connectivity index (χ0v) is 10.2. The minimum atomic E-state index is -3.81. The van der Waals surface area contributed by atoms with E-state index in [1.165, 1.54) is 6.26 Å². The zero-order valence-electron chi connectivity index (χ0n) is 8.58. The number of aryl methyl sites for hydroxylation is 1. The first-order valence-electron chi connectivity index (χ1n) is 4.40. The lowest BCUT2D eigenvalue weighted by molar-refractivity contribution is 0.569. The summed E-state index contributed by atoms with van der Waals surface area (Å²) >= 11 is 5.46. The Kier molecular flexibility index (Phi) is 2.99. The maximum absolute atomic E-state index is 11.8. The molecule has 0 spiro atoms. The molecule has 0 aliphatic rings. The van der Waals surface area contributed by atoms with Crippen molar-refractivity contribution in [2.45, 2.75) is 11.8 Å². The van der Waals surface area contributed by atoms with E-state index in [4.69, 9.17) is 16.0 Å². The van der Waals surface area contributed by atoms with Crippen molar-refractivity contribution in [1.29, 1.82) is 0 Å². The van der Waals surface area contributed by atoms with Gasteiger partial charge in [0.1, 0.15) is 11.2 Å². The number of halogens is 1. The van der Waals surface area contributed by atoms with Gasteiger partial charge in [0.25, 0.3) is 10.0 Å². The molecule has 9 heteroatoms. The molecule has 2 heterocycles. The molecule has 90 valence electrons. The number of anilines is 1. The van der Waals surface area contributed by atoms with Crippen LogP contribution in [0.3, 0.4) is 0 Å². The van der Waals surface area contributed by atoms with Gasteiger partial charge in [-0.25, -0.2) is 23.1 Å². The van der Waals surface area contributed by atoms with Crippen LogP contribution in [0, 0.1) is 6.92 Å². The number of nitrogens with one attached hydrogen (secondary N) is 1. The van der Waals surface area contributed by atoms with E-state index in [9.17, 15) is 8.42 Å². The first-order chi connectivity index (χ1) is 7.97. The van der Waals surface area contributed by atoms with Crippen LogP contribution < -0.4 is 4.72 Å². The van der Waals surface area contributed by atoms with Crippen molar-refractivity contribution in [3.8, 4) is 0 Å². The van der Waals surface area contributed by atoms with Gasteiger partial charge in [0.15, 0.2) is 0 Å².